The molecule has 0 amide bonds. The summed E-state index contributed by atoms with van der Waals surface area (Å²) in [5, 5.41) is 0. The molecule has 5 unspecified atom stereocenters. The molecule has 23 heavy (non-hydrogen) atoms. The molecule has 0 aromatic rings. The van der Waals surface area contributed by atoms with Crippen LogP contribution in [0.2, 0.25) is 0 Å². The fourth-order valence-electron chi connectivity index (χ4n) is 3.39. The Hall–Kier alpha value is -0.390. The van der Waals surface area contributed by atoms with Crippen LogP contribution in [0.5, 0.6) is 0 Å². The molecule has 136 valence electrons. The summed E-state index contributed by atoms with van der Waals surface area (Å²) in [5.41, 5.74) is -7.01. The molecule has 0 aromatic heterocycles. The average Bonchev–Trinajstić information content (AvgIpc) is 2.51. The molecule has 0 radical (unpaired) electrons. The Kier molecular flexibility index (Phi) is 5.64. The number of piperidine rings is 1. The summed E-state index contributed by atoms with van der Waals surface area (Å²) in [4.78, 5) is 0. The lowest BCUT2D eigenvalue weighted by atomic mass is 9.76. The summed E-state index contributed by atoms with van der Waals surface area (Å²) in [6.07, 6.45) is 0.783. The molecule has 2 fully saturated rings. The number of halogens is 3. The topological polar surface area (TPSA) is 91.7 Å². The van der Waals surface area contributed by atoms with Crippen LogP contribution in [0, 0.1) is 11.8 Å². The lowest BCUT2D eigenvalue weighted by Crippen LogP contribution is -2.50. The number of sulfonamides is 1. The van der Waals surface area contributed by atoms with E-state index in [9.17, 15) is 30.0 Å². The van der Waals surface area contributed by atoms with Gasteiger partial charge in [-0.25, -0.2) is 21.6 Å². The quantitative estimate of drug-likeness (QED) is 0.734. The summed E-state index contributed by atoms with van der Waals surface area (Å²) in [5.74, 6) is 0.404. The molecular weight excluding hydrogens is 359 g/mol. The van der Waals surface area contributed by atoms with Gasteiger partial charge in [0, 0.05) is 13.1 Å². The number of fused-ring (bicyclic) bond motifs is 1. The molecule has 1 saturated heterocycles. The fourth-order valence-corrected chi connectivity index (χ4v) is 5.47. The molecular formula is C12H20F3NO5S2. The highest BCUT2D eigenvalue weighted by molar-refractivity contribution is 7.89. The van der Waals surface area contributed by atoms with E-state index in [4.69, 9.17) is 4.55 Å². The summed E-state index contributed by atoms with van der Waals surface area (Å²) in [6.45, 7) is 0.0302. The van der Waals surface area contributed by atoms with Gasteiger partial charge in [0.25, 0.3) is 5.50 Å². The molecule has 2 rings (SSSR count). The van der Waals surface area contributed by atoms with Crippen molar-refractivity contribution in [2.24, 2.45) is 11.8 Å². The minimum absolute atomic E-state index is 0.000528. The molecule has 0 spiro atoms. The van der Waals surface area contributed by atoms with Crippen LogP contribution in [0.15, 0.2) is 0 Å². The lowest BCUT2D eigenvalue weighted by Gasteiger charge is -2.41. The maximum Gasteiger partial charge on any atom is 0.300 e. The smallest absolute Gasteiger partial charge is 0.283 e. The highest BCUT2D eigenvalue weighted by atomic mass is 32.2. The standard InChI is InChI=1S/C12H20F3NO5S2/c13-10(12(15)23(19,20)21)11(14)22(17,18)16-6-5-8-3-1-2-4-9(8)7-16/h8-12H,1-7H2,(H,19,20,21). The van der Waals surface area contributed by atoms with Gasteiger partial charge in [-0.15, -0.1) is 0 Å². The third kappa shape index (κ3) is 3.99. The van der Waals surface area contributed by atoms with Gasteiger partial charge in [-0.3, -0.25) is 4.55 Å². The summed E-state index contributed by atoms with van der Waals surface area (Å²) in [7, 11) is -10.4. The van der Waals surface area contributed by atoms with Crippen LogP contribution in [0.1, 0.15) is 32.1 Å². The summed E-state index contributed by atoms with van der Waals surface area (Å²) in [6, 6.07) is 0. The Morgan fingerprint density at radius 2 is 1.48 bits per heavy atom. The van der Waals surface area contributed by atoms with Crippen LogP contribution in [0.4, 0.5) is 13.2 Å². The second-order valence-electron chi connectivity index (χ2n) is 6.16. The van der Waals surface area contributed by atoms with Gasteiger partial charge >= 0.3 is 10.1 Å². The van der Waals surface area contributed by atoms with Gasteiger partial charge in [0.1, 0.15) is 0 Å². The van der Waals surface area contributed by atoms with Crippen LogP contribution in [0.25, 0.3) is 0 Å². The highest BCUT2D eigenvalue weighted by Gasteiger charge is 2.48. The number of nitrogens with zero attached hydrogens (tertiary/aromatic N) is 1. The molecule has 2 aliphatic rings. The normalized spacial score (nSPS) is 31.1. The first-order valence-electron chi connectivity index (χ1n) is 7.42. The van der Waals surface area contributed by atoms with E-state index in [0.717, 1.165) is 30.0 Å². The van der Waals surface area contributed by atoms with Crippen molar-refractivity contribution >= 4 is 20.1 Å². The molecule has 0 aromatic carbocycles. The van der Waals surface area contributed by atoms with E-state index in [1.54, 1.807) is 0 Å². The van der Waals surface area contributed by atoms with Gasteiger partial charge < -0.3 is 0 Å². The average molecular weight is 379 g/mol. The van der Waals surface area contributed by atoms with Gasteiger partial charge in [-0.1, -0.05) is 19.3 Å². The second-order valence-corrected chi connectivity index (χ2v) is 9.63. The van der Waals surface area contributed by atoms with E-state index < -0.39 is 37.3 Å². The van der Waals surface area contributed by atoms with Gasteiger partial charge in [0.2, 0.25) is 15.5 Å². The van der Waals surface area contributed by atoms with Gasteiger partial charge in [0.05, 0.1) is 0 Å². The Balaban J connectivity index is 2.11. The predicted octanol–water partition coefficient (Wildman–Crippen LogP) is 1.65. The first kappa shape index (κ1) is 18.9. The van der Waals surface area contributed by atoms with Crippen molar-refractivity contribution in [2.75, 3.05) is 13.1 Å². The number of rotatable bonds is 5. The van der Waals surface area contributed by atoms with Crippen molar-refractivity contribution in [3.8, 4) is 0 Å². The SMILES string of the molecule is O=S(=O)(O)C(F)C(F)C(F)S(=O)(=O)N1CCC2CCCCC2C1. The molecule has 1 aliphatic carbocycles. The lowest BCUT2D eigenvalue weighted by molar-refractivity contribution is 0.121. The molecule has 1 aliphatic heterocycles. The van der Waals surface area contributed by atoms with Gasteiger partial charge in [0.15, 0.2) is 6.17 Å². The zero-order valence-electron chi connectivity index (χ0n) is 12.3. The molecule has 1 heterocycles. The van der Waals surface area contributed by atoms with Crippen molar-refractivity contribution in [2.45, 2.75) is 49.3 Å². The van der Waals surface area contributed by atoms with Crippen molar-refractivity contribution in [3.63, 3.8) is 0 Å². The van der Waals surface area contributed by atoms with Crippen molar-refractivity contribution < 1.29 is 34.6 Å². The number of hydrogen-bond donors (Lipinski definition) is 1. The first-order chi connectivity index (χ1) is 10.5. The number of hydrogen-bond acceptors (Lipinski definition) is 4. The number of alkyl halides is 3. The predicted molar refractivity (Wildman–Crippen MR) is 76.8 cm³/mol. The maximum absolute atomic E-state index is 13.9. The zero-order valence-corrected chi connectivity index (χ0v) is 13.9. The molecule has 0 bridgehead atoms. The molecule has 1 N–H and O–H groups in total. The fraction of sp³-hybridized carbons (Fsp3) is 1.00. The summed E-state index contributed by atoms with van der Waals surface area (Å²) < 4.78 is 95.2. The van der Waals surface area contributed by atoms with E-state index in [0.29, 0.717) is 12.3 Å². The zero-order chi connectivity index (χ0) is 17.4. The van der Waals surface area contributed by atoms with E-state index in [2.05, 4.69) is 0 Å². The van der Waals surface area contributed by atoms with E-state index in [1.165, 1.54) is 0 Å². The van der Waals surface area contributed by atoms with Crippen LogP contribution in [-0.4, -0.2) is 56.0 Å². The third-order valence-electron chi connectivity index (χ3n) is 4.68. The Bertz CT molecular complexity index is 627. The summed E-state index contributed by atoms with van der Waals surface area (Å²) >= 11 is 0. The van der Waals surface area contributed by atoms with Gasteiger partial charge in [-0.2, -0.15) is 12.7 Å². The second kappa shape index (κ2) is 6.85. The molecule has 11 heteroatoms. The van der Waals surface area contributed by atoms with Crippen LogP contribution in [-0.2, 0) is 20.1 Å². The van der Waals surface area contributed by atoms with E-state index in [1.807, 2.05) is 0 Å². The minimum Gasteiger partial charge on any atom is -0.283 e. The largest absolute Gasteiger partial charge is 0.300 e. The van der Waals surface area contributed by atoms with Crippen molar-refractivity contribution in [1.82, 2.24) is 4.31 Å². The van der Waals surface area contributed by atoms with Crippen molar-refractivity contribution in [3.05, 3.63) is 0 Å². The Labute approximate surface area is 133 Å². The van der Waals surface area contributed by atoms with Crippen LogP contribution >= 0.6 is 0 Å². The Morgan fingerprint density at radius 1 is 0.913 bits per heavy atom. The van der Waals surface area contributed by atoms with Crippen molar-refractivity contribution in [1.29, 1.82) is 0 Å². The minimum atomic E-state index is -5.52. The van der Waals surface area contributed by atoms with Crippen LogP contribution < -0.4 is 0 Å². The Morgan fingerprint density at radius 3 is 2.04 bits per heavy atom. The maximum atomic E-state index is 13.9. The molecule has 5 atom stereocenters. The van der Waals surface area contributed by atoms with Gasteiger partial charge in [-0.05, 0) is 24.7 Å². The van der Waals surface area contributed by atoms with Crippen LogP contribution in [0.3, 0.4) is 0 Å². The highest BCUT2D eigenvalue weighted by Crippen LogP contribution is 2.37. The first-order valence-corrected chi connectivity index (χ1v) is 10.4. The third-order valence-corrected chi connectivity index (χ3v) is 7.39. The molecule has 6 nitrogen and oxygen atoms in total. The molecule has 1 saturated carbocycles. The monoisotopic (exact) mass is 379 g/mol. The van der Waals surface area contributed by atoms with E-state index >= 15 is 0 Å². The van der Waals surface area contributed by atoms with E-state index in [-0.39, 0.29) is 19.0 Å².